The van der Waals surface area contributed by atoms with Crippen LogP contribution in [-0.2, 0) is 13.1 Å². The Morgan fingerprint density at radius 1 is 1.16 bits per heavy atom. The Balaban J connectivity index is 1.31. The molecule has 4 aromatic rings. The molecule has 0 bridgehead atoms. The van der Waals surface area contributed by atoms with Gasteiger partial charge in [-0.05, 0) is 82.9 Å². The number of H-pyrrole nitrogens is 1. The fourth-order valence-corrected chi connectivity index (χ4v) is 6.77. The van der Waals surface area contributed by atoms with Crippen LogP contribution in [0.5, 0.6) is 0 Å². The number of likely N-dealkylation sites (tertiary alicyclic amines) is 1. The average molecular weight is 627 g/mol. The largest absolute Gasteiger partial charge is 0.324 e. The standard InChI is InChI=1S/C34H43N9OS/c1-39(2)19-20-41-18-14-35-31(41)24-43-32-29(21-27(33(43)44)6-5-25-11-16-42(45-4)17-12-25)22-36-34(38-32)37-30-9-7-26(8-10-30)28-13-15-40(3)23-28/h7-10,14,18,21-22,25,28H,11-13,15-17,19-20,23-24H2,1-4H3,(H,36,37,38,44)/p+1. The number of likely N-dealkylation sites (N-methyl/N-ethyl adjacent to an activating group) is 2. The van der Waals surface area contributed by atoms with Crippen molar-refractivity contribution in [3.63, 3.8) is 0 Å². The van der Waals surface area contributed by atoms with Gasteiger partial charge in [0.1, 0.15) is 31.1 Å². The topological polar surface area (TPSA) is 89.2 Å². The zero-order chi connectivity index (χ0) is 31.3. The lowest BCUT2D eigenvalue weighted by Crippen LogP contribution is -2.42. The van der Waals surface area contributed by atoms with E-state index in [9.17, 15) is 4.79 Å². The van der Waals surface area contributed by atoms with Crippen molar-refractivity contribution < 1.29 is 4.57 Å². The van der Waals surface area contributed by atoms with E-state index >= 15 is 0 Å². The number of pyridine rings is 1. The van der Waals surface area contributed by atoms with E-state index in [0.717, 1.165) is 69.0 Å². The van der Waals surface area contributed by atoms with Crippen LogP contribution in [-0.4, -0.2) is 93.7 Å². The summed E-state index contributed by atoms with van der Waals surface area (Å²) in [4.78, 5) is 31.4. The molecule has 2 aliphatic rings. The number of aromatic amines is 1. The van der Waals surface area contributed by atoms with Crippen LogP contribution in [0.2, 0.25) is 0 Å². The lowest BCUT2D eigenvalue weighted by atomic mass is 9.98. The second kappa shape index (κ2) is 14.2. The molecule has 10 nitrogen and oxygen atoms in total. The fourth-order valence-electron chi connectivity index (χ4n) is 6.19. The highest BCUT2D eigenvalue weighted by atomic mass is 32.2. The van der Waals surface area contributed by atoms with Crippen molar-refractivity contribution in [1.82, 2.24) is 33.6 Å². The minimum absolute atomic E-state index is 0.138. The maximum absolute atomic E-state index is 14.0. The number of benzene rings is 1. The summed E-state index contributed by atoms with van der Waals surface area (Å²) in [7, 11) is 6.30. The molecule has 2 saturated heterocycles. The van der Waals surface area contributed by atoms with Crippen LogP contribution in [0.3, 0.4) is 0 Å². The Morgan fingerprint density at radius 2 is 1.96 bits per heavy atom. The minimum atomic E-state index is -0.138. The highest BCUT2D eigenvalue weighted by Gasteiger charge is 2.22. The summed E-state index contributed by atoms with van der Waals surface area (Å²) >= 11 is 1.79. The van der Waals surface area contributed by atoms with Gasteiger partial charge in [-0.25, -0.2) is 14.5 Å². The Morgan fingerprint density at radius 3 is 2.67 bits per heavy atom. The van der Waals surface area contributed by atoms with Gasteiger partial charge < -0.3 is 15.1 Å². The molecule has 1 aromatic carbocycles. The molecule has 0 amide bonds. The third-order valence-corrected chi connectivity index (χ3v) is 9.81. The maximum atomic E-state index is 14.0. The number of rotatable bonds is 9. The number of piperidine rings is 1. The van der Waals surface area contributed by atoms with Crippen LogP contribution >= 0.6 is 11.9 Å². The van der Waals surface area contributed by atoms with Crippen LogP contribution in [0.25, 0.3) is 11.0 Å². The summed E-state index contributed by atoms with van der Waals surface area (Å²) in [6.07, 6.45) is 11.1. The van der Waals surface area contributed by atoms with Gasteiger partial charge in [0.05, 0.1) is 5.56 Å². The van der Waals surface area contributed by atoms with Crippen molar-refractivity contribution in [2.45, 2.75) is 38.3 Å². The van der Waals surface area contributed by atoms with Crippen molar-refractivity contribution >= 4 is 34.6 Å². The third kappa shape index (κ3) is 7.59. The lowest BCUT2D eigenvalue weighted by Gasteiger charge is -2.27. The molecule has 1 atom stereocenters. The van der Waals surface area contributed by atoms with Crippen LogP contribution in [0.1, 0.15) is 42.1 Å². The average Bonchev–Trinajstić information content (AvgIpc) is 3.69. The van der Waals surface area contributed by atoms with E-state index in [0.29, 0.717) is 29.6 Å². The smallest absolute Gasteiger partial charge is 0.274 e. The Labute approximate surface area is 270 Å². The Hall–Kier alpha value is -3.69. The molecular formula is C34H44N9OS+. The quantitative estimate of drug-likeness (QED) is 0.166. The first kappa shape index (κ1) is 31.3. The molecular weight excluding hydrogens is 583 g/mol. The SMILES string of the molecule is CSN1CCC(C#Cc2cc3cnc(Nc4ccc(C5CCN(C)C5)cc4)nc3n(Cc3[nH]cc[n+]3CCN(C)C)c2=O)CC1. The second-order valence-electron chi connectivity index (χ2n) is 12.5. The van der Waals surface area contributed by atoms with Gasteiger partial charge in [0, 0.05) is 49.4 Å². The van der Waals surface area contributed by atoms with Crippen LogP contribution in [0.4, 0.5) is 11.6 Å². The van der Waals surface area contributed by atoms with E-state index in [1.807, 2.05) is 18.5 Å². The summed E-state index contributed by atoms with van der Waals surface area (Å²) in [6.45, 7) is 6.32. The first-order valence-electron chi connectivity index (χ1n) is 15.8. The van der Waals surface area contributed by atoms with Gasteiger partial charge in [-0.2, -0.15) is 4.98 Å². The summed E-state index contributed by atoms with van der Waals surface area (Å²) in [6, 6.07) is 10.4. The predicted octanol–water partition coefficient (Wildman–Crippen LogP) is 3.52. The van der Waals surface area contributed by atoms with Crippen LogP contribution in [0, 0.1) is 17.8 Å². The van der Waals surface area contributed by atoms with E-state index in [1.165, 1.54) is 12.0 Å². The molecule has 3 aromatic heterocycles. The summed E-state index contributed by atoms with van der Waals surface area (Å²) in [5.74, 6) is 8.92. The minimum Gasteiger partial charge on any atom is -0.324 e. The van der Waals surface area contributed by atoms with Crippen molar-refractivity contribution in [3.8, 4) is 11.8 Å². The summed E-state index contributed by atoms with van der Waals surface area (Å²) in [5, 5.41) is 4.15. The zero-order valence-electron chi connectivity index (χ0n) is 26.8. The van der Waals surface area contributed by atoms with Gasteiger partial charge in [0.25, 0.3) is 11.4 Å². The molecule has 236 valence electrons. The van der Waals surface area contributed by atoms with Gasteiger partial charge in [-0.15, -0.1) is 0 Å². The van der Waals surface area contributed by atoms with Crippen LogP contribution < -0.4 is 15.4 Å². The van der Waals surface area contributed by atoms with E-state index in [1.54, 1.807) is 22.7 Å². The Kier molecular flexibility index (Phi) is 9.85. The number of hydrogen-bond donors (Lipinski definition) is 2. The van der Waals surface area contributed by atoms with Crippen molar-refractivity contribution in [2.24, 2.45) is 5.92 Å². The number of hydrogen-bond acceptors (Lipinski definition) is 8. The molecule has 2 N–H and O–H groups in total. The van der Waals surface area contributed by atoms with Crippen LogP contribution in [0.15, 0.2) is 53.7 Å². The van der Waals surface area contributed by atoms with E-state index in [-0.39, 0.29) is 11.5 Å². The molecule has 11 heteroatoms. The molecule has 0 radical (unpaired) electrons. The fraction of sp³-hybridized carbons (Fsp3) is 0.471. The van der Waals surface area contributed by atoms with E-state index < -0.39 is 0 Å². The first-order chi connectivity index (χ1) is 21.9. The van der Waals surface area contributed by atoms with Gasteiger partial charge in [-0.3, -0.25) is 13.7 Å². The molecule has 0 saturated carbocycles. The van der Waals surface area contributed by atoms with Gasteiger partial charge >= 0.3 is 0 Å². The molecule has 2 fully saturated rings. The second-order valence-corrected chi connectivity index (χ2v) is 13.4. The first-order valence-corrected chi connectivity index (χ1v) is 17.0. The van der Waals surface area contributed by atoms with E-state index in [2.05, 4.69) is 97.5 Å². The molecule has 0 aliphatic carbocycles. The maximum Gasteiger partial charge on any atom is 0.274 e. The molecule has 5 heterocycles. The number of anilines is 2. The third-order valence-electron chi connectivity index (χ3n) is 8.93. The van der Waals surface area contributed by atoms with Gasteiger partial charge in [0.2, 0.25) is 5.95 Å². The van der Waals surface area contributed by atoms with Gasteiger partial charge in [0.15, 0.2) is 0 Å². The lowest BCUT2D eigenvalue weighted by molar-refractivity contribution is -0.702. The number of nitrogens with one attached hydrogen (secondary N) is 2. The highest BCUT2D eigenvalue weighted by Crippen LogP contribution is 2.28. The number of aromatic nitrogens is 5. The van der Waals surface area contributed by atoms with Crippen molar-refractivity contribution in [2.75, 3.05) is 65.4 Å². The monoisotopic (exact) mass is 626 g/mol. The van der Waals surface area contributed by atoms with Crippen molar-refractivity contribution in [1.29, 1.82) is 0 Å². The number of imidazole rings is 1. The predicted molar refractivity (Wildman–Crippen MR) is 182 cm³/mol. The number of nitrogens with zero attached hydrogens (tertiary/aromatic N) is 7. The normalized spacial score (nSPS) is 18.0. The molecule has 1 unspecified atom stereocenters. The highest BCUT2D eigenvalue weighted by molar-refractivity contribution is 7.96. The summed E-state index contributed by atoms with van der Waals surface area (Å²) in [5.41, 5.74) is 3.20. The molecule has 45 heavy (non-hydrogen) atoms. The van der Waals surface area contributed by atoms with E-state index in [4.69, 9.17) is 4.98 Å². The van der Waals surface area contributed by atoms with Gasteiger partial charge in [-0.1, -0.05) is 35.9 Å². The van der Waals surface area contributed by atoms with Crippen molar-refractivity contribution in [3.05, 3.63) is 76.2 Å². The zero-order valence-corrected chi connectivity index (χ0v) is 27.6. The summed E-state index contributed by atoms with van der Waals surface area (Å²) < 4.78 is 6.26. The molecule has 0 spiro atoms. The molecule has 6 rings (SSSR count). The Bertz CT molecular complexity index is 1730. The number of fused-ring (bicyclic) bond motifs is 1. The molecule has 2 aliphatic heterocycles.